The Labute approximate surface area is 143 Å². The topological polar surface area (TPSA) is 61.4 Å². The molecular formula is C20H26N2O2. The molecule has 0 fully saturated rings. The average molecular weight is 326 g/mol. The van der Waals surface area contributed by atoms with E-state index >= 15 is 0 Å². The molecule has 0 aromatic heterocycles. The van der Waals surface area contributed by atoms with Gasteiger partial charge in [0.1, 0.15) is 0 Å². The molecule has 0 aliphatic rings. The second-order valence-corrected chi connectivity index (χ2v) is 5.98. The minimum absolute atomic E-state index is 0.00532. The number of rotatable bonds is 8. The molecule has 128 valence electrons. The van der Waals surface area contributed by atoms with E-state index < -0.39 is 0 Å². The number of aliphatic hydroxyl groups is 1. The third kappa shape index (κ3) is 5.18. The third-order valence-electron chi connectivity index (χ3n) is 4.03. The summed E-state index contributed by atoms with van der Waals surface area (Å²) < 4.78 is 0. The normalized spacial score (nSPS) is 13.3. The van der Waals surface area contributed by atoms with Gasteiger partial charge in [0.2, 0.25) is 5.91 Å². The smallest absolute Gasteiger partial charge is 0.225 e. The Kier molecular flexibility index (Phi) is 6.97. The maximum Gasteiger partial charge on any atom is 0.225 e. The first-order valence-corrected chi connectivity index (χ1v) is 8.43. The fraction of sp³-hybridized carbons (Fsp3) is 0.350. The van der Waals surface area contributed by atoms with Crippen LogP contribution in [0.3, 0.4) is 0 Å². The van der Waals surface area contributed by atoms with Gasteiger partial charge in [-0.25, -0.2) is 0 Å². The van der Waals surface area contributed by atoms with Crippen molar-refractivity contribution in [3.63, 3.8) is 0 Å². The lowest BCUT2D eigenvalue weighted by Gasteiger charge is -2.22. The molecule has 4 nitrogen and oxygen atoms in total. The largest absolute Gasteiger partial charge is 0.394 e. The molecule has 3 N–H and O–H groups in total. The number of carbonyl (C=O) groups is 1. The molecule has 4 heteroatoms. The standard InChI is InChI=1S/C20H26N2O2/c1-3-16-9-7-8-12-18(16)22-20(24)13-15(2)21-19(14-23)17-10-5-4-6-11-17/h4-12,15,19,21,23H,3,13-14H2,1-2H3,(H,22,24). The van der Waals surface area contributed by atoms with Crippen molar-refractivity contribution in [2.24, 2.45) is 0 Å². The van der Waals surface area contributed by atoms with Crippen molar-refractivity contribution >= 4 is 11.6 Å². The summed E-state index contributed by atoms with van der Waals surface area (Å²) in [5.41, 5.74) is 3.02. The number of amides is 1. The van der Waals surface area contributed by atoms with Gasteiger partial charge in [-0.1, -0.05) is 55.5 Å². The van der Waals surface area contributed by atoms with Crippen molar-refractivity contribution in [1.82, 2.24) is 5.32 Å². The number of para-hydroxylation sites is 1. The first-order valence-electron chi connectivity index (χ1n) is 8.43. The fourth-order valence-corrected chi connectivity index (χ4v) is 2.77. The van der Waals surface area contributed by atoms with Crippen LogP contribution in [0.2, 0.25) is 0 Å². The summed E-state index contributed by atoms with van der Waals surface area (Å²) in [5.74, 6) is -0.0272. The summed E-state index contributed by atoms with van der Waals surface area (Å²) in [7, 11) is 0. The van der Waals surface area contributed by atoms with Crippen molar-refractivity contribution in [1.29, 1.82) is 0 Å². The molecule has 0 saturated carbocycles. The second-order valence-electron chi connectivity index (χ2n) is 5.98. The number of benzene rings is 2. The van der Waals surface area contributed by atoms with Crippen LogP contribution in [-0.4, -0.2) is 23.7 Å². The van der Waals surface area contributed by atoms with Crippen LogP contribution < -0.4 is 10.6 Å². The van der Waals surface area contributed by atoms with Crippen molar-refractivity contribution in [3.05, 3.63) is 65.7 Å². The molecule has 2 atom stereocenters. The van der Waals surface area contributed by atoms with E-state index in [1.165, 1.54) is 0 Å². The Morgan fingerprint density at radius 1 is 1.08 bits per heavy atom. The number of aliphatic hydroxyl groups excluding tert-OH is 1. The summed E-state index contributed by atoms with van der Waals surface area (Å²) in [5, 5.41) is 15.9. The zero-order chi connectivity index (χ0) is 17.4. The highest BCUT2D eigenvalue weighted by atomic mass is 16.3. The quantitative estimate of drug-likeness (QED) is 0.697. The van der Waals surface area contributed by atoms with Gasteiger partial charge < -0.3 is 15.7 Å². The lowest BCUT2D eigenvalue weighted by molar-refractivity contribution is -0.116. The molecule has 0 saturated heterocycles. The molecule has 2 unspecified atom stereocenters. The zero-order valence-corrected chi connectivity index (χ0v) is 14.3. The van der Waals surface area contributed by atoms with Gasteiger partial charge in [0.05, 0.1) is 12.6 Å². The Hall–Kier alpha value is -2.17. The SMILES string of the molecule is CCc1ccccc1NC(=O)CC(C)NC(CO)c1ccccc1. The average Bonchev–Trinajstić information content (AvgIpc) is 2.60. The number of hydrogen-bond acceptors (Lipinski definition) is 3. The highest BCUT2D eigenvalue weighted by Crippen LogP contribution is 2.17. The van der Waals surface area contributed by atoms with Crippen molar-refractivity contribution in [2.45, 2.75) is 38.8 Å². The van der Waals surface area contributed by atoms with Crippen LogP contribution in [0.5, 0.6) is 0 Å². The zero-order valence-electron chi connectivity index (χ0n) is 14.3. The van der Waals surface area contributed by atoms with Gasteiger partial charge in [-0.2, -0.15) is 0 Å². The van der Waals surface area contributed by atoms with Crippen molar-refractivity contribution in [3.8, 4) is 0 Å². The Morgan fingerprint density at radius 3 is 2.42 bits per heavy atom. The van der Waals surface area contributed by atoms with Gasteiger partial charge in [0.25, 0.3) is 0 Å². The number of carbonyl (C=O) groups excluding carboxylic acids is 1. The summed E-state index contributed by atoms with van der Waals surface area (Å²) in [6.45, 7) is 4.02. The van der Waals surface area contributed by atoms with E-state index in [1.54, 1.807) is 0 Å². The summed E-state index contributed by atoms with van der Waals surface area (Å²) >= 11 is 0. The van der Waals surface area contributed by atoms with E-state index in [9.17, 15) is 9.90 Å². The molecule has 0 spiro atoms. The first-order chi connectivity index (χ1) is 11.6. The molecule has 0 bridgehead atoms. The lowest BCUT2D eigenvalue weighted by atomic mass is 10.1. The molecule has 0 heterocycles. The van der Waals surface area contributed by atoms with E-state index in [1.807, 2.05) is 61.5 Å². The Balaban J connectivity index is 1.91. The van der Waals surface area contributed by atoms with Crippen LogP contribution in [0.1, 0.15) is 37.4 Å². The summed E-state index contributed by atoms with van der Waals surface area (Å²) in [6, 6.07) is 17.4. The van der Waals surface area contributed by atoms with Crippen molar-refractivity contribution < 1.29 is 9.90 Å². The van der Waals surface area contributed by atoms with E-state index in [-0.39, 0.29) is 24.6 Å². The van der Waals surface area contributed by atoms with Crippen LogP contribution in [-0.2, 0) is 11.2 Å². The monoisotopic (exact) mass is 326 g/mol. The van der Waals surface area contributed by atoms with Crippen LogP contribution in [0.4, 0.5) is 5.69 Å². The molecule has 2 aromatic rings. The van der Waals surface area contributed by atoms with Crippen molar-refractivity contribution in [2.75, 3.05) is 11.9 Å². The highest BCUT2D eigenvalue weighted by Gasteiger charge is 2.16. The van der Waals surface area contributed by atoms with E-state index in [4.69, 9.17) is 0 Å². The van der Waals surface area contributed by atoms with E-state index in [0.29, 0.717) is 6.42 Å². The first kappa shape index (κ1) is 18.2. The van der Waals surface area contributed by atoms with Crippen LogP contribution in [0.25, 0.3) is 0 Å². The Bertz CT molecular complexity index is 643. The number of aryl methyl sites for hydroxylation is 1. The maximum absolute atomic E-state index is 12.3. The van der Waals surface area contributed by atoms with Crippen LogP contribution in [0, 0.1) is 0 Å². The maximum atomic E-state index is 12.3. The predicted octanol–water partition coefficient (Wildman–Crippen LogP) is 3.29. The van der Waals surface area contributed by atoms with Gasteiger partial charge in [-0.15, -0.1) is 0 Å². The Morgan fingerprint density at radius 2 is 1.75 bits per heavy atom. The molecule has 1 amide bonds. The minimum Gasteiger partial charge on any atom is -0.394 e. The van der Waals surface area contributed by atoms with E-state index in [2.05, 4.69) is 17.6 Å². The lowest BCUT2D eigenvalue weighted by Crippen LogP contribution is -2.35. The summed E-state index contributed by atoms with van der Waals surface area (Å²) in [4.78, 5) is 12.3. The van der Waals surface area contributed by atoms with Gasteiger partial charge in [-0.05, 0) is 30.5 Å². The molecule has 24 heavy (non-hydrogen) atoms. The number of hydrogen-bond donors (Lipinski definition) is 3. The third-order valence-corrected chi connectivity index (χ3v) is 4.03. The number of nitrogens with one attached hydrogen (secondary N) is 2. The summed E-state index contributed by atoms with van der Waals surface area (Å²) in [6.07, 6.45) is 1.23. The van der Waals surface area contributed by atoms with E-state index in [0.717, 1.165) is 23.2 Å². The second kappa shape index (κ2) is 9.21. The van der Waals surface area contributed by atoms with Crippen LogP contribution in [0.15, 0.2) is 54.6 Å². The molecule has 0 aliphatic heterocycles. The van der Waals surface area contributed by atoms with Gasteiger partial charge in [0, 0.05) is 18.2 Å². The molecule has 0 radical (unpaired) electrons. The number of anilines is 1. The highest BCUT2D eigenvalue weighted by molar-refractivity contribution is 5.91. The van der Waals surface area contributed by atoms with Gasteiger partial charge in [-0.3, -0.25) is 4.79 Å². The molecular weight excluding hydrogens is 300 g/mol. The molecule has 2 aromatic carbocycles. The fourth-order valence-electron chi connectivity index (χ4n) is 2.77. The van der Waals surface area contributed by atoms with Gasteiger partial charge in [0.15, 0.2) is 0 Å². The molecule has 2 rings (SSSR count). The minimum atomic E-state index is -0.170. The predicted molar refractivity (Wildman–Crippen MR) is 97.9 cm³/mol. The van der Waals surface area contributed by atoms with Gasteiger partial charge >= 0.3 is 0 Å². The molecule has 0 aliphatic carbocycles. The van der Waals surface area contributed by atoms with Crippen LogP contribution >= 0.6 is 0 Å².